The van der Waals surface area contributed by atoms with Gasteiger partial charge in [-0.05, 0) is 72.6 Å². The number of hydrogen-bond donors (Lipinski definition) is 2. The number of anilines is 2. The lowest BCUT2D eigenvalue weighted by Crippen LogP contribution is -2.20. The van der Waals surface area contributed by atoms with Crippen LogP contribution in [0.4, 0.5) is 24.5 Å². The molecule has 0 aliphatic carbocycles. The van der Waals surface area contributed by atoms with Crippen LogP contribution in [0.5, 0.6) is 11.5 Å². The van der Waals surface area contributed by atoms with Crippen LogP contribution in [0.3, 0.4) is 0 Å². The Balaban J connectivity index is 1.30. The molecular formula is C25H19F3N2O5. The summed E-state index contributed by atoms with van der Waals surface area (Å²) in [6, 6.07) is 15.1. The summed E-state index contributed by atoms with van der Waals surface area (Å²) >= 11 is 0. The molecule has 1 heterocycles. The van der Waals surface area contributed by atoms with E-state index in [4.69, 9.17) is 9.47 Å². The van der Waals surface area contributed by atoms with Gasteiger partial charge in [0.05, 0.1) is 11.1 Å². The number of carbonyl (C=O) groups is 3. The Morgan fingerprint density at radius 1 is 0.943 bits per heavy atom. The fourth-order valence-electron chi connectivity index (χ4n) is 3.40. The zero-order valence-corrected chi connectivity index (χ0v) is 18.1. The van der Waals surface area contributed by atoms with Crippen molar-refractivity contribution in [1.82, 2.24) is 0 Å². The van der Waals surface area contributed by atoms with E-state index < -0.39 is 30.2 Å². The fraction of sp³-hybridized carbons (Fsp3) is 0.160. The van der Waals surface area contributed by atoms with Gasteiger partial charge in [-0.2, -0.15) is 13.2 Å². The third-order valence-corrected chi connectivity index (χ3v) is 5.12. The van der Waals surface area contributed by atoms with Gasteiger partial charge in [0.25, 0.3) is 5.91 Å². The molecule has 0 unspecified atom stereocenters. The third-order valence-electron chi connectivity index (χ3n) is 5.12. The summed E-state index contributed by atoms with van der Waals surface area (Å²) in [6.45, 7) is -0.439. The summed E-state index contributed by atoms with van der Waals surface area (Å²) < 4.78 is 49.1. The molecule has 0 saturated carbocycles. The van der Waals surface area contributed by atoms with E-state index in [-0.39, 0.29) is 22.9 Å². The van der Waals surface area contributed by atoms with Crippen LogP contribution in [0.25, 0.3) is 0 Å². The molecule has 10 heteroatoms. The zero-order valence-electron chi connectivity index (χ0n) is 18.1. The van der Waals surface area contributed by atoms with E-state index in [1.165, 1.54) is 36.4 Å². The Kier molecular flexibility index (Phi) is 6.72. The first kappa shape index (κ1) is 23.8. The molecule has 0 atom stereocenters. The molecule has 3 aromatic carbocycles. The maximum atomic E-state index is 12.8. The summed E-state index contributed by atoms with van der Waals surface area (Å²) in [5.41, 5.74) is 0.940. The molecule has 180 valence electrons. The van der Waals surface area contributed by atoms with E-state index in [1.807, 2.05) is 0 Å². The monoisotopic (exact) mass is 484 g/mol. The average molecular weight is 484 g/mol. The van der Waals surface area contributed by atoms with Crippen molar-refractivity contribution >= 4 is 29.2 Å². The Hall–Kier alpha value is -4.34. The predicted octanol–water partition coefficient (Wildman–Crippen LogP) is 4.83. The number of esters is 1. The number of rotatable bonds is 6. The number of halogens is 3. The van der Waals surface area contributed by atoms with Crippen molar-refractivity contribution in [2.24, 2.45) is 0 Å². The maximum absolute atomic E-state index is 12.8. The van der Waals surface area contributed by atoms with Gasteiger partial charge < -0.3 is 20.1 Å². The number of carbonyl (C=O) groups excluding carboxylic acids is 3. The topological polar surface area (TPSA) is 93.7 Å². The molecule has 2 N–H and O–H groups in total. The Labute approximate surface area is 197 Å². The van der Waals surface area contributed by atoms with Crippen molar-refractivity contribution in [3.8, 4) is 11.5 Å². The van der Waals surface area contributed by atoms with Gasteiger partial charge in [-0.25, -0.2) is 4.79 Å². The smallest absolute Gasteiger partial charge is 0.416 e. The number of benzene rings is 3. The number of ether oxygens (including phenoxy) is 2. The van der Waals surface area contributed by atoms with Crippen LogP contribution in [-0.2, 0) is 22.2 Å². The molecular weight excluding hydrogens is 465 g/mol. The number of fused-ring (bicyclic) bond motifs is 1. The second-order valence-corrected chi connectivity index (χ2v) is 7.70. The van der Waals surface area contributed by atoms with E-state index in [0.29, 0.717) is 24.3 Å². The molecule has 0 aromatic heterocycles. The van der Waals surface area contributed by atoms with Gasteiger partial charge in [-0.1, -0.05) is 6.07 Å². The quantitative estimate of drug-likeness (QED) is 0.386. The zero-order chi connectivity index (χ0) is 25.0. The van der Waals surface area contributed by atoms with E-state index in [2.05, 4.69) is 10.6 Å². The SMILES string of the molecule is O=C(COc1ccc(C(=O)Oc2ccc3c(c2)CCC(=O)N3)cc1)Nc1cccc(C(F)(F)F)c1. The number of alkyl halides is 3. The third kappa shape index (κ3) is 6.17. The first-order chi connectivity index (χ1) is 16.7. The van der Waals surface area contributed by atoms with Gasteiger partial charge in [-0.3, -0.25) is 9.59 Å². The Morgan fingerprint density at radius 2 is 1.69 bits per heavy atom. The minimum atomic E-state index is -4.52. The molecule has 1 aliphatic rings. The molecule has 35 heavy (non-hydrogen) atoms. The number of aryl methyl sites for hydroxylation is 1. The van der Waals surface area contributed by atoms with Gasteiger partial charge >= 0.3 is 12.1 Å². The van der Waals surface area contributed by atoms with Crippen molar-refractivity contribution in [2.45, 2.75) is 19.0 Å². The lowest BCUT2D eigenvalue weighted by atomic mass is 10.0. The molecule has 3 aromatic rings. The molecule has 7 nitrogen and oxygen atoms in total. The molecule has 2 amide bonds. The van der Waals surface area contributed by atoms with Crippen LogP contribution in [-0.4, -0.2) is 24.4 Å². The Morgan fingerprint density at radius 3 is 2.43 bits per heavy atom. The number of hydrogen-bond acceptors (Lipinski definition) is 5. The van der Waals surface area contributed by atoms with Gasteiger partial charge in [0, 0.05) is 17.8 Å². The first-order valence-corrected chi connectivity index (χ1v) is 10.5. The Bertz CT molecular complexity index is 1270. The highest BCUT2D eigenvalue weighted by atomic mass is 19.4. The van der Waals surface area contributed by atoms with E-state index >= 15 is 0 Å². The second kappa shape index (κ2) is 9.88. The van der Waals surface area contributed by atoms with Crippen molar-refractivity contribution in [1.29, 1.82) is 0 Å². The predicted molar refractivity (Wildman–Crippen MR) is 120 cm³/mol. The first-order valence-electron chi connectivity index (χ1n) is 10.5. The van der Waals surface area contributed by atoms with Crippen molar-refractivity contribution in [3.05, 3.63) is 83.4 Å². The van der Waals surface area contributed by atoms with Gasteiger partial charge in [0.1, 0.15) is 11.5 Å². The van der Waals surface area contributed by atoms with Crippen molar-refractivity contribution < 1.29 is 37.0 Å². The summed E-state index contributed by atoms with van der Waals surface area (Å²) in [4.78, 5) is 35.9. The van der Waals surface area contributed by atoms with Crippen LogP contribution in [0.2, 0.25) is 0 Å². The summed E-state index contributed by atoms with van der Waals surface area (Å²) in [6.07, 6.45) is -3.60. The molecule has 0 radical (unpaired) electrons. The van der Waals surface area contributed by atoms with E-state index in [9.17, 15) is 27.6 Å². The van der Waals surface area contributed by atoms with Crippen molar-refractivity contribution in [2.75, 3.05) is 17.2 Å². The standard InChI is InChI=1S/C25H19F3N2O5/c26-25(27,28)17-2-1-3-18(13-17)29-23(32)14-34-19-7-4-15(5-8-19)24(33)35-20-9-10-21-16(12-20)6-11-22(31)30-21/h1-5,7-10,12-13H,6,11,14H2,(H,29,32)(H,30,31). The van der Waals surface area contributed by atoms with Gasteiger partial charge in [0.15, 0.2) is 6.61 Å². The highest BCUT2D eigenvalue weighted by Crippen LogP contribution is 2.31. The molecule has 0 bridgehead atoms. The average Bonchev–Trinajstić information content (AvgIpc) is 2.83. The van der Waals surface area contributed by atoms with Gasteiger partial charge in [-0.15, -0.1) is 0 Å². The van der Waals surface area contributed by atoms with Crippen LogP contribution in [0.15, 0.2) is 66.7 Å². The van der Waals surface area contributed by atoms with Crippen molar-refractivity contribution in [3.63, 3.8) is 0 Å². The lowest BCUT2D eigenvalue weighted by Gasteiger charge is -2.17. The molecule has 1 aliphatic heterocycles. The molecule has 0 spiro atoms. The highest BCUT2D eigenvalue weighted by Gasteiger charge is 2.30. The summed E-state index contributed by atoms with van der Waals surface area (Å²) in [5.74, 6) is -0.672. The minimum Gasteiger partial charge on any atom is -0.484 e. The molecule has 0 fully saturated rings. The highest BCUT2D eigenvalue weighted by molar-refractivity contribution is 5.95. The van der Waals surface area contributed by atoms with E-state index in [1.54, 1.807) is 18.2 Å². The minimum absolute atomic E-state index is 0.00363. The summed E-state index contributed by atoms with van der Waals surface area (Å²) in [5, 5.41) is 5.10. The lowest BCUT2D eigenvalue weighted by molar-refractivity contribution is -0.137. The normalized spacial score (nSPS) is 12.8. The molecule has 0 saturated heterocycles. The largest absolute Gasteiger partial charge is 0.484 e. The summed E-state index contributed by atoms with van der Waals surface area (Å²) in [7, 11) is 0. The van der Waals surface area contributed by atoms with Crippen LogP contribution < -0.4 is 20.1 Å². The molecule has 4 rings (SSSR count). The maximum Gasteiger partial charge on any atom is 0.416 e. The second-order valence-electron chi connectivity index (χ2n) is 7.70. The van der Waals surface area contributed by atoms with Gasteiger partial charge in [0.2, 0.25) is 5.91 Å². The van der Waals surface area contributed by atoms with Crippen LogP contribution >= 0.6 is 0 Å². The fourth-order valence-corrected chi connectivity index (χ4v) is 3.40. The van der Waals surface area contributed by atoms with Crippen LogP contribution in [0, 0.1) is 0 Å². The number of nitrogens with one attached hydrogen (secondary N) is 2. The van der Waals surface area contributed by atoms with E-state index in [0.717, 1.165) is 17.7 Å². The van der Waals surface area contributed by atoms with Crippen LogP contribution in [0.1, 0.15) is 27.9 Å². The number of amides is 2.